The van der Waals surface area contributed by atoms with Gasteiger partial charge in [-0.15, -0.1) is 0 Å². The van der Waals surface area contributed by atoms with Crippen LogP contribution >= 0.6 is 11.6 Å². The van der Waals surface area contributed by atoms with Gasteiger partial charge in [0.15, 0.2) is 0 Å². The fourth-order valence-corrected chi connectivity index (χ4v) is 1.19. The quantitative estimate of drug-likeness (QED) is 0.612. The van der Waals surface area contributed by atoms with E-state index in [1.54, 1.807) is 12.1 Å². The average molecular weight is 214 g/mol. The molecule has 0 bridgehead atoms. The smallest absolute Gasteiger partial charge is 0.307 e. The zero-order valence-electron chi connectivity index (χ0n) is 7.70. The summed E-state index contributed by atoms with van der Waals surface area (Å²) >= 11 is 5.72. The van der Waals surface area contributed by atoms with Crippen LogP contribution in [0.2, 0.25) is 5.02 Å². The van der Waals surface area contributed by atoms with Crippen LogP contribution in [-0.4, -0.2) is 12.7 Å². The summed E-state index contributed by atoms with van der Waals surface area (Å²) in [5, 5.41) is 0.693. The number of rotatable bonds is 4. The van der Waals surface area contributed by atoms with Gasteiger partial charge in [0, 0.05) is 11.4 Å². The van der Waals surface area contributed by atoms with E-state index in [9.17, 15) is 4.79 Å². The van der Waals surface area contributed by atoms with E-state index in [1.165, 1.54) is 0 Å². The van der Waals surface area contributed by atoms with Crippen LogP contribution in [-0.2, 0) is 16.0 Å². The molecule has 0 fully saturated rings. The minimum atomic E-state index is -0.276. The van der Waals surface area contributed by atoms with Gasteiger partial charge in [-0.05, 0) is 24.1 Å². The maximum Gasteiger partial charge on any atom is 0.307 e. The zero-order valence-corrected chi connectivity index (χ0v) is 8.46. The Morgan fingerprint density at radius 3 is 2.57 bits per heavy atom. The first kappa shape index (κ1) is 11.0. The molecular formula is C10H12ClNO2. The highest BCUT2D eigenvalue weighted by atomic mass is 35.5. The van der Waals surface area contributed by atoms with Gasteiger partial charge in [-0.25, -0.2) is 0 Å². The fraction of sp³-hybridized carbons (Fsp3) is 0.300. The van der Waals surface area contributed by atoms with E-state index in [0.717, 1.165) is 5.56 Å². The monoisotopic (exact) mass is 213 g/mol. The molecule has 0 unspecified atom stereocenters. The van der Waals surface area contributed by atoms with Crippen molar-refractivity contribution < 1.29 is 9.53 Å². The van der Waals surface area contributed by atoms with Crippen molar-refractivity contribution in [1.29, 1.82) is 0 Å². The first-order chi connectivity index (χ1) is 6.72. The Morgan fingerprint density at radius 1 is 1.36 bits per heavy atom. The normalized spacial score (nSPS) is 9.86. The molecule has 0 radical (unpaired) electrons. The Balaban J connectivity index is 2.38. The number of nitrogens with two attached hydrogens (primary N) is 1. The van der Waals surface area contributed by atoms with Crippen molar-refractivity contribution in [2.75, 3.05) is 6.73 Å². The molecule has 0 heterocycles. The zero-order chi connectivity index (χ0) is 10.4. The minimum absolute atomic E-state index is 0.0561. The molecule has 0 saturated carbocycles. The Kier molecular flexibility index (Phi) is 4.43. The van der Waals surface area contributed by atoms with E-state index in [1.807, 2.05) is 12.1 Å². The number of hydrogen-bond donors (Lipinski definition) is 1. The van der Waals surface area contributed by atoms with Gasteiger partial charge in [0.05, 0.1) is 0 Å². The number of hydrogen-bond acceptors (Lipinski definition) is 3. The van der Waals surface area contributed by atoms with Crippen LogP contribution in [0.4, 0.5) is 0 Å². The summed E-state index contributed by atoms with van der Waals surface area (Å²) in [7, 11) is 0. The Bertz CT molecular complexity index is 297. The van der Waals surface area contributed by atoms with Gasteiger partial charge in [0.25, 0.3) is 0 Å². The molecule has 0 aromatic heterocycles. The Morgan fingerprint density at radius 2 is 2.00 bits per heavy atom. The first-order valence-electron chi connectivity index (χ1n) is 4.32. The maximum atomic E-state index is 11.0. The molecule has 0 spiro atoms. The molecule has 1 aromatic carbocycles. The standard InChI is InChI=1S/C10H12ClNO2/c11-9-4-1-8(2-5-9)3-6-10(13)14-7-12/h1-2,4-5H,3,6-7,12H2. The van der Waals surface area contributed by atoms with Gasteiger partial charge in [-0.1, -0.05) is 23.7 Å². The van der Waals surface area contributed by atoms with Crippen molar-refractivity contribution in [1.82, 2.24) is 0 Å². The van der Waals surface area contributed by atoms with Gasteiger partial charge in [-0.3, -0.25) is 10.5 Å². The highest BCUT2D eigenvalue weighted by molar-refractivity contribution is 6.30. The van der Waals surface area contributed by atoms with Gasteiger partial charge in [-0.2, -0.15) is 0 Å². The largest absolute Gasteiger partial charge is 0.450 e. The molecule has 4 heteroatoms. The van der Waals surface area contributed by atoms with Crippen LogP contribution in [0.1, 0.15) is 12.0 Å². The molecule has 0 saturated heterocycles. The number of benzene rings is 1. The van der Waals surface area contributed by atoms with Crippen molar-refractivity contribution in [2.45, 2.75) is 12.8 Å². The van der Waals surface area contributed by atoms with Gasteiger partial charge in [0.1, 0.15) is 6.73 Å². The second kappa shape index (κ2) is 5.62. The van der Waals surface area contributed by atoms with E-state index in [2.05, 4.69) is 4.74 Å². The molecule has 14 heavy (non-hydrogen) atoms. The number of esters is 1. The van der Waals surface area contributed by atoms with Crippen molar-refractivity contribution in [3.63, 3.8) is 0 Å². The summed E-state index contributed by atoms with van der Waals surface area (Å²) in [6.45, 7) is -0.0561. The Hall–Kier alpha value is -1.06. The molecule has 0 atom stereocenters. The lowest BCUT2D eigenvalue weighted by atomic mass is 10.1. The number of carbonyl (C=O) groups is 1. The number of halogens is 1. The van der Waals surface area contributed by atoms with Crippen molar-refractivity contribution in [2.24, 2.45) is 5.73 Å². The topological polar surface area (TPSA) is 52.3 Å². The van der Waals surface area contributed by atoms with E-state index < -0.39 is 0 Å². The predicted octanol–water partition coefficient (Wildman–Crippen LogP) is 1.73. The molecular weight excluding hydrogens is 202 g/mol. The second-order valence-corrected chi connectivity index (χ2v) is 3.25. The van der Waals surface area contributed by atoms with E-state index >= 15 is 0 Å². The summed E-state index contributed by atoms with van der Waals surface area (Å²) in [5.74, 6) is -0.276. The maximum absolute atomic E-state index is 11.0. The highest BCUT2D eigenvalue weighted by Gasteiger charge is 2.02. The summed E-state index contributed by atoms with van der Waals surface area (Å²) in [4.78, 5) is 11.0. The van der Waals surface area contributed by atoms with Crippen LogP contribution in [0, 0.1) is 0 Å². The fourth-order valence-electron chi connectivity index (χ4n) is 1.06. The third-order valence-corrected chi connectivity index (χ3v) is 2.03. The van der Waals surface area contributed by atoms with Crippen molar-refractivity contribution in [3.8, 4) is 0 Å². The van der Waals surface area contributed by atoms with Gasteiger partial charge < -0.3 is 4.74 Å². The molecule has 3 nitrogen and oxygen atoms in total. The van der Waals surface area contributed by atoms with Gasteiger partial charge >= 0.3 is 5.97 Å². The van der Waals surface area contributed by atoms with E-state index in [-0.39, 0.29) is 12.7 Å². The number of aryl methyl sites for hydroxylation is 1. The SMILES string of the molecule is NCOC(=O)CCc1ccc(Cl)cc1. The lowest BCUT2D eigenvalue weighted by Gasteiger charge is -2.01. The third-order valence-electron chi connectivity index (χ3n) is 1.78. The number of ether oxygens (including phenoxy) is 1. The molecule has 0 aliphatic rings. The van der Waals surface area contributed by atoms with Crippen molar-refractivity contribution in [3.05, 3.63) is 34.9 Å². The van der Waals surface area contributed by atoms with Crippen LogP contribution in [0.15, 0.2) is 24.3 Å². The average Bonchev–Trinajstić information content (AvgIpc) is 2.17. The summed E-state index contributed by atoms with van der Waals surface area (Å²) in [6, 6.07) is 7.37. The second-order valence-electron chi connectivity index (χ2n) is 2.81. The van der Waals surface area contributed by atoms with Crippen LogP contribution < -0.4 is 5.73 Å². The number of carbonyl (C=O) groups excluding carboxylic acids is 1. The lowest BCUT2D eigenvalue weighted by molar-refractivity contribution is -0.143. The molecule has 2 N–H and O–H groups in total. The molecule has 1 rings (SSSR count). The molecule has 0 aliphatic carbocycles. The lowest BCUT2D eigenvalue weighted by Crippen LogP contribution is -2.12. The molecule has 0 amide bonds. The first-order valence-corrected chi connectivity index (χ1v) is 4.70. The Labute approximate surface area is 87.8 Å². The summed E-state index contributed by atoms with van der Waals surface area (Å²) < 4.78 is 4.60. The van der Waals surface area contributed by atoms with E-state index in [4.69, 9.17) is 17.3 Å². The summed E-state index contributed by atoms with van der Waals surface area (Å²) in [6.07, 6.45) is 0.995. The van der Waals surface area contributed by atoms with E-state index in [0.29, 0.717) is 17.9 Å². The molecule has 1 aromatic rings. The molecule has 0 aliphatic heterocycles. The summed E-state index contributed by atoms with van der Waals surface area (Å²) in [5.41, 5.74) is 6.12. The van der Waals surface area contributed by atoms with Crippen LogP contribution in [0.25, 0.3) is 0 Å². The predicted molar refractivity (Wildman–Crippen MR) is 54.9 cm³/mol. The van der Waals surface area contributed by atoms with Gasteiger partial charge in [0.2, 0.25) is 0 Å². The third kappa shape index (κ3) is 3.77. The minimum Gasteiger partial charge on any atom is -0.450 e. The highest BCUT2D eigenvalue weighted by Crippen LogP contribution is 2.10. The van der Waals surface area contributed by atoms with Crippen LogP contribution in [0.3, 0.4) is 0 Å². The van der Waals surface area contributed by atoms with Crippen LogP contribution in [0.5, 0.6) is 0 Å². The van der Waals surface area contributed by atoms with Crippen molar-refractivity contribution >= 4 is 17.6 Å². The molecule has 76 valence electrons.